The molecule has 0 bridgehead atoms. The molecule has 1 aromatic heterocycles. The molecule has 2 heterocycles. The summed E-state index contributed by atoms with van der Waals surface area (Å²) in [5, 5.41) is 13.3. The van der Waals surface area contributed by atoms with Crippen LogP contribution in [0, 0.1) is 5.82 Å². The molecule has 4 rings (SSSR count). The normalized spacial score (nSPS) is 16.5. The molecule has 1 saturated heterocycles. The summed E-state index contributed by atoms with van der Waals surface area (Å²) < 4.78 is 14.6. The molecule has 1 aliphatic heterocycles. The van der Waals surface area contributed by atoms with E-state index in [1.807, 2.05) is 37.4 Å². The number of hydrogen-bond donors (Lipinski definition) is 2. The van der Waals surface area contributed by atoms with E-state index in [4.69, 9.17) is 0 Å². The zero-order chi connectivity index (χ0) is 23.4. The van der Waals surface area contributed by atoms with E-state index in [1.165, 1.54) is 16.7 Å². The monoisotopic (exact) mass is 450 g/mol. The number of nitrogens with zero attached hydrogens (tertiary/aromatic N) is 3. The number of carbonyl (C=O) groups excluding carboxylic acids is 1. The van der Waals surface area contributed by atoms with Crippen LogP contribution in [-0.4, -0.2) is 39.1 Å². The lowest BCUT2D eigenvalue weighted by Crippen LogP contribution is -2.41. The highest BCUT2D eigenvalue weighted by Crippen LogP contribution is 2.26. The van der Waals surface area contributed by atoms with Crippen molar-refractivity contribution in [2.24, 2.45) is 0 Å². The first-order valence-electron chi connectivity index (χ1n) is 11.0. The second kappa shape index (κ2) is 9.95. The maximum atomic E-state index is 13.3. The number of amides is 1. The molecular formula is C25H27FN4O3. The maximum absolute atomic E-state index is 13.3. The van der Waals surface area contributed by atoms with Crippen molar-refractivity contribution in [2.75, 3.05) is 13.6 Å². The minimum Gasteiger partial charge on any atom is -0.501 e. The quantitative estimate of drug-likeness (QED) is 0.602. The minimum absolute atomic E-state index is 0.114. The van der Waals surface area contributed by atoms with Crippen molar-refractivity contribution >= 4 is 5.91 Å². The van der Waals surface area contributed by atoms with Gasteiger partial charge in [-0.25, -0.2) is 9.37 Å². The van der Waals surface area contributed by atoms with E-state index in [1.54, 1.807) is 12.1 Å². The van der Waals surface area contributed by atoms with Crippen molar-refractivity contribution < 1.29 is 14.3 Å². The predicted octanol–water partition coefficient (Wildman–Crippen LogP) is 3.22. The lowest BCUT2D eigenvalue weighted by molar-refractivity contribution is 0.0936. The van der Waals surface area contributed by atoms with Crippen molar-refractivity contribution in [2.45, 2.75) is 38.4 Å². The van der Waals surface area contributed by atoms with E-state index in [-0.39, 0.29) is 24.2 Å². The van der Waals surface area contributed by atoms with Gasteiger partial charge >= 0.3 is 0 Å². The van der Waals surface area contributed by atoms with Crippen LogP contribution in [0.15, 0.2) is 59.4 Å². The molecule has 1 atom stereocenters. The molecule has 2 N–H and O–H groups in total. The molecule has 0 aliphatic carbocycles. The molecule has 1 aliphatic rings. The third kappa shape index (κ3) is 5.12. The Bertz CT molecular complexity index is 1180. The molecule has 1 amide bonds. The van der Waals surface area contributed by atoms with Crippen LogP contribution in [0.1, 0.15) is 52.9 Å². The molecule has 172 valence electrons. The summed E-state index contributed by atoms with van der Waals surface area (Å²) in [7, 11) is 1.95. The number of carbonyl (C=O) groups is 1. The first kappa shape index (κ1) is 22.7. The van der Waals surface area contributed by atoms with Crippen molar-refractivity contribution in [1.29, 1.82) is 0 Å². The molecule has 0 spiro atoms. The van der Waals surface area contributed by atoms with Crippen LogP contribution in [0.5, 0.6) is 5.75 Å². The Morgan fingerprint density at radius 3 is 2.55 bits per heavy atom. The van der Waals surface area contributed by atoms with Crippen LogP contribution in [0.4, 0.5) is 4.39 Å². The van der Waals surface area contributed by atoms with Crippen LogP contribution < -0.4 is 10.9 Å². The van der Waals surface area contributed by atoms with Crippen LogP contribution in [0.3, 0.4) is 0 Å². The van der Waals surface area contributed by atoms with Gasteiger partial charge in [0.1, 0.15) is 11.6 Å². The summed E-state index contributed by atoms with van der Waals surface area (Å²) in [5.41, 5.74) is 0.704. The second-order valence-corrected chi connectivity index (χ2v) is 8.33. The Morgan fingerprint density at radius 1 is 1.12 bits per heavy atom. The fraction of sp³-hybridized carbons (Fsp3) is 0.320. The van der Waals surface area contributed by atoms with E-state index in [9.17, 15) is 19.1 Å². The van der Waals surface area contributed by atoms with Crippen LogP contribution in [0.2, 0.25) is 0 Å². The topological polar surface area (TPSA) is 87.5 Å². The van der Waals surface area contributed by atoms with Crippen LogP contribution in [-0.2, 0) is 13.0 Å². The highest BCUT2D eigenvalue weighted by Gasteiger charge is 2.28. The zero-order valence-corrected chi connectivity index (χ0v) is 18.5. The predicted molar refractivity (Wildman–Crippen MR) is 122 cm³/mol. The Balaban J connectivity index is 1.69. The zero-order valence-electron chi connectivity index (χ0n) is 18.5. The number of aromatic hydroxyl groups is 1. The van der Waals surface area contributed by atoms with Gasteiger partial charge in [-0.15, -0.1) is 0 Å². The van der Waals surface area contributed by atoms with Crippen molar-refractivity contribution in [3.05, 3.63) is 93.4 Å². The Labute approximate surface area is 191 Å². The fourth-order valence-corrected chi connectivity index (χ4v) is 4.19. The van der Waals surface area contributed by atoms with Gasteiger partial charge in [-0.05, 0) is 56.1 Å². The van der Waals surface area contributed by atoms with Crippen LogP contribution in [0.25, 0.3) is 0 Å². The van der Waals surface area contributed by atoms with Crippen molar-refractivity contribution in [1.82, 2.24) is 19.8 Å². The summed E-state index contributed by atoms with van der Waals surface area (Å²) in [6.45, 7) is 0.950. The second-order valence-electron chi connectivity index (χ2n) is 8.33. The average molecular weight is 451 g/mol. The van der Waals surface area contributed by atoms with Gasteiger partial charge in [-0.2, -0.15) is 0 Å². The van der Waals surface area contributed by atoms with E-state index in [0.717, 1.165) is 31.4 Å². The smallest absolute Gasteiger partial charge is 0.297 e. The molecule has 2 aromatic carbocycles. The summed E-state index contributed by atoms with van der Waals surface area (Å²) in [4.78, 5) is 32.7. The number of aromatic nitrogens is 2. The van der Waals surface area contributed by atoms with E-state index in [2.05, 4.69) is 15.2 Å². The number of piperidine rings is 1. The highest BCUT2D eigenvalue weighted by molar-refractivity contribution is 5.94. The van der Waals surface area contributed by atoms with Gasteiger partial charge in [0.15, 0.2) is 5.69 Å². The van der Waals surface area contributed by atoms with Gasteiger partial charge in [-0.1, -0.05) is 42.5 Å². The molecule has 3 aromatic rings. The maximum Gasteiger partial charge on any atom is 0.297 e. The summed E-state index contributed by atoms with van der Waals surface area (Å²) >= 11 is 0. The highest BCUT2D eigenvalue weighted by atomic mass is 19.1. The van der Waals surface area contributed by atoms with Crippen molar-refractivity contribution in [3.63, 3.8) is 0 Å². The number of hydrogen-bond acceptors (Lipinski definition) is 5. The number of nitrogens with one attached hydrogen (secondary N) is 1. The third-order valence-corrected chi connectivity index (χ3v) is 5.98. The van der Waals surface area contributed by atoms with Crippen molar-refractivity contribution in [3.8, 4) is 5.75 Å². The summed E-state index contributed by atoms with van der Waals surface area (Å²) in [5.74, 6) is -1.27. The van der Waals surface area contributed by atoms with Gasteiger partial charge in [0.05, 0.1) is 6.17 Å². The number of halogens is 1. The summed E-state index contributed by atoms with van der Waals surface area (Å²) in [6, 6.07) is 15.3. The van der Waals surface area contributed by atoms with Gasteiger partial charge in [0.2, 0.25) is 5.75 Å². The van der Waals surface area contributed by atoms with Gasteiger partial charge in [-0.3, -0.25) is 19.1 Å². The molecule has 0 radical (unpaired) electrons. The largest absolute Gasteiger partial charge is 0.501 e. The molecule has 33 heavy (non-hydrogen) atoms. The summed E-state index contributed by atoms with van der Waals surface area (Å²) in [6.07, 6.45) is 2.88. The fourth-order valence-electron chi connectivity index (χ4n) is 4.19. The minimum atomic E-state index is -0.664. The molecular weight excluding hydrogens is 423 g/mol. The molecule has 1 fully saturated rings. The Hall–Kier alpha value is -3.52. The molecule has 7 nitrogen and oxygen atoms in total. The standard InChI is InChI=1S/C25H27FN4O3/c1-29-14-6-5-9-21(29)30-20(15-17-7-3-2-4-8-17)28-22(23(31)25(30)33)24(32)27-16-18-10-12-19(26)13-11-18/h2-4,7-8,10-13,21,31H,5-6,9,14-16H2,1H3,(H,27,32). The first-order valence-corrected chi connectivity index (χ1v) is 11.0. The van der Waals surface area contributed by atoms with Gasteiger partial charge in [0.25, 0.3) is 11.5 Å². The molecule has 0 saturated carbocycles. The SMILES string of the molecule is CN1CCCCC1n1c(Cc2ccccc2)nc(C(=O)NCc2ccc(F)cc2)c(O)c1=O. The van der Waals surface area contributed by atoms with E-state index in [0.29, 0.717) is 17.8 Å². The van der Waals surface area contributed by atoms with Gasteiger partial charge < -0.3 is 10.4 Å². The van der Waals surface area contributed by atoms with E-state index >= 15 is 0 Å². The van der Waals surface area contributed by atoms with Gasteiger partial charge in [0, 0.05) is 13.0 Å². The number of likely N-dealkylation sites (tertiary alicyclic amines) is 1. The lowest BCUT2D eigenvalue weighted by Gasteiger charge is -2.35. The average Bonchev–Trinajstić information content (AvgIpc) is 2.82. The van der Waals surface area contributed by atoms with E-state index < -0.39 is 17.2 Å². The first-order chi connectivity index (χ1) is 15.9. The van der Waals surface area contributed by atoms with Crippen LogP contribution >= 0.6 is 0 Å². The lowest BCUT2D eigenvalue weighted by atomic mass is 10.1. The Morgan fingerprint density at radius 2 is 1.85 bits per heavy atom. The third-order valence-electron chi connectivity index (χ3n) is 5.98. The number of rotatable bonds is 6. The molecule has 8 heteroatoms. The number of benzene rings is 2. The Kier molecular flexibility index (Phi) is 6.84. The molecule has 1 unspecified atom stereocenters.